The zero-order chi connectivity index (χ0) is 22.9. The number of para-hydroxylation sites is 1. The fourth-order valence-corrected chi connectivity index (χ4v) is 6.13. The number of aromatic nitrogens is 1. The molecule has 0 aliphatic heterocycles. The molecule has 2 aromatic carbocycles. The Morgan fingerprint density at radius 3 is 2.50 bits per heavy atom. The van der Waals surface area contributed by atoms with Crippen LogP contribution in [0.3, 0.4) is 0 Å². The number of aromatic amines is 1. The Morgan fingerprint density at radius 1 is 1.12 bits per heavy atom. The first-order valence-corrected chi connectivity index (χ1v) is 12.8. The fourth-order valence-electron chi connectivity index (χ4n) is 5.04. The van der Waals surface area contributed by atoms with E-state index in [-0.39, 0.29) is 17.4 Å². The summed E-state index contributed by atoms with van der Waals surface area (Å²) >= 11 is 0. The second kappa shape index (κ2) is 9.08. The molecule has 1 aliphatic rings. The zero-order valence-electron chi connectivity index (χ0n) is 18.6. The van der Waals surface area contributed by atoms with Crippen LogP contribution in [0.15, 0.2) is 41.3 Å². The molecule has 3 aromatic rings. The number of esters is 1. The summed E-state index contributed by atoms with van der Waals surface area (Å²) in [6, 6.07) is 11.5. The number of hydrogen-bond donors (Lipinski definition) is 2. The highest BCUT2D eigenvalue weighted by Gasteiger charge is 2.30. The molecule has 7 heteroatoms. The zero-order valence-corrected chi connectivity index (χ0v) is 19.4. The van der Waals surface area contributed by atoms with E-state index in [4.69, 9.17) is 9.88 Å². The molecule has 3 N–H and O–H groups in total. The van der Waals surface area contributed by atoms with Crippen molar-refractivity contribution in [3.63, 3.8) is 0 Å². The summed E-state index contributed by atoms with van der Waals surface area (Å²) < 4.78 is 31.4. The molecular formula is C25H30N2O4S. The highest BCUT2D eigenvalue weighted by molar-refractivity contribution is 7.89. The van der Waals surface area contributed by atoms with E-state index in [0.29, 0.717) is 11.3 Å². The van der Waals surface area contributed by atoms with E-state index in [1.807, 2.05) is 43.3 Å². The van der Waals surface area contributed by atoms with E-state index in [0.717, 1.165) is 59.7 Å². The molecule has 1 aromatic heterocycles. The number of sulfonamides is 1. The highest BCUT2D eigenvalue weighted by Crippen LogP contribution is 2.43. The van der Waals surface area contributed by atoms with E-state index in [2.05, 4.69) is 4.98 Å². The van der Waals surface area contributed by atoms with Crippen LogP contribution >= 0.6 is 0 Å². The van der Waals surface area contributed by atoms with E-state index in [9.17, 15) is 13.2 Å². The number of aryl methyl sites for hydroxylation is 1. The molecule has 0 bridgehead atoms. The number of nitrogens with one attached hydrogen (secondary N) is 1. The van der Waals surface area contributed by atoms with Crippen molar-refractivity contribution < 1.29 is 17.9 Å². The summed E-state index contributed by atoms with van der Waals surface area (Å²) in [6.45, 7) is 3.46. The average Bonchev–Trinajstić information content (AvgIpc) is 3.15. The molecule has 170 valence electrons. The van der Waals surface area contributed by atoms with E-state index in [1.54, 1.807) is 0 Å². The lowest BCUT2D eigenvalue weighted by molar-refractivity contribution is -0.142. The highest BCUT2D eigenvalue weighted by atomic mass is 32.2. The van der Waals surface area contributed by atoms with Gasteiger partial charge in [-0.2, -0.15) is 0 Å². The number of fused-ring (bicyclic) bond motifs is 1. The van der Waals surface area contributed by atoms with E-state index in [1.165, 1.54) is 13.3 Å². The molecule has 0 saturated heterocycles. The molecule has 1 saturated carbocycles. The summed E-state index contributed by atoms with van der Waals surface area (Å²) in [6.07, 6.45) is 6.02. The maximum absolute atomic E-state index is 13.0. The Labute approximate surface area is 189 Å². The van der Waals surface area contributed by atoms with Crippen molar-refractivity contribution in [3.8, 4) is 11.3 Å². The van der Waals surface area contributed by atoms with Gasteiger partial charge in [0.15, 0.2) is 0 Å². The maximum Gasteiger partial charge on any atom is 0.302 e. The van der Waals surface area contributed by atoms with Gasteiger partial charge in [-0.1, -0.05) is 56.5 Å². The normalized spacial score (nSPS) is 15.2. The molecule has 1 aliphatic carbocycles. The number of ether oxygens (including phenoxy) is 1. The molecule has 0 radical (unpaired) electrons. The quantitative estimate of drug-likeness (QED) is 0.503. The first kappa shape index (κ1) is 22.6. The maximum atomic E-state index is 13.0. The molecule has 1 fully saturated rings. The van der Waals surface area contributed by atoms with Gasteiger partial charge in [-0.05, 0) is 42.4 Å². The minimum atomic E-state index is -4.01. The van der Waals surface area contributed by atoms with Crippen molar-refractivity contribution in [3.05, 3.63) is 53.1 Å². The van der Waals surface area contributed by atoms with Crippen LogP contribution in [0.5, 0.6) is 0 Å². The minimum Gasteiger partial charge on any atom is -0.461 e. The van der Waals surface area contributed by atoms with Gasteiger partial charge < -0.3 is 9.72 Å². The minimum absolute atomic E-state index is 0.0486. The lowest BCUT2D eigenvalue weighted by Crippen LogP contribution is -2.20. The largest absolute Gasteiger partial charge is 0.461 e. The Morgan fingerprint density at radius 2 is 1.84 bits per heavy atom. The first-order valence-electron chi connectivity index (χ1n) is 11.2. The van der Waals surface area contributed by atoms with Gasteiger partial charge in [0.1, 0.15) is 6.61 Å². The fraction of sp³-hybridized carbons (Fsp3) is 0.400. The van der Waals surface area contributed by atoms with Crippen molar-refractivity contribution in [1.29, 1.82) is 0 Å². The van der Waals surface area contributed by atoms with Gasteiger partial charge in [0.05, 0.1) is 10.6 Å². The van der Waals surface area contributed by atoms with Gasteiger partial charge in [0.2, 0.25) is 10.0 Å². The number of benzene rings is 2. The number of rotatable bonds is 6. The van der Waals surface area contributed by atoms with Gasteiger partial charge in [-0.25, -0.2) is 13.6 Å². The third kappa shape index (κ3) is 4.32. The van der Waals surface area contributed by atoms with Crippen LogP contribution in [0, 0.1) is 0 Å². The summed E-state index contributed by atoms with van der Waals surface area (Å²) in [5, 5.41) is 6.76. The Kier molecular flexibility index (Phi) is 6.40. The van der Waals surface area contributed by atoms with Crippen LogP contribution in [0.2, 0.25) is 0 Å². The summed E-state index contributed by atoms with van der Waals surface area (Å²) in [5.74, 6) is -0.217. The molecule has 4 rings (SSSR count). The van der Waals surface area contributed by atoms with Crippen molar-refractivity contribution in [2.24, 2.45) is 5.14 Å². The number of carbonyl (C=O) groups excluding carboxylic acids is 1. The van der Waals surface area contributed by atoms with Crippen LogP contribution < -0.4 is 5.14 Å². The van der Waals surface area contributed by atoms with Crippen molar-refractivity contribution in [2.45, 2.75) is 69.8 Å². The monoisotopic (exact) mass is 454 g/mol. The number of carbonyl (C=O) groups is 1. The smallest absolute Gasteiger partial charge is 0.302 e. The second-order valence-electron chi connectivity index (χ2n) is 8.55. The number of nitrogens with two attached hydrogens (primary N) is 1. The van der Waals surface area contributed by atoms with Crippen molar-refractivity contribution in [1.82, 2.24) is 4.98 Å². The second-order valence-corrected chi connectivity index (χ2v) is 10.1. The SMILES string of the molecule is CCc1ccc(-c2[nH]c3ccccc3c2COC(C)=O)c(S(N)(=O)=O)c1C1CCCCC1. The number of hydrogen-bond acceptors (Lipinski definition) is 4. The summed E-state index contributed by atoms with van der Waals surface area (Å²) in [5.41, 5.74) is 4.68. The molecule has 0 atom stereocenters. The van der Waals surface area contributed by atoms with Gasteiger partial charge in [0.25, 0.3) is 0 Å². The first-order chi connectivity index (χ1) is 15.3. The number of H-pyrrole nitrogens is 1. The standard InChI is InChI=1S/C25H30N2O4S/c1-3-17-13-14-20(25(32(26,29)30)23(17)18-9-5-4-6-10-18)24-21(15-31-16(2)28)19-11-7-8-12-22(19)27-24/h7-8,11-14,18,27H,3-6,9-10,15H2,1-2H3,(H2,26,29,30). The Hall–Kier alpha value is -2.64. The third-order valence-corrected chi connectivity index (χ3v) is 7.48. The van der Waals surface area contributed by atoms with Gasteiger partial charge in [-0.15, -0.1) is 0 Å². The molecule has 0 unspecified atom stereocenters. The molecule has 0 amide bonds. The summed E-state index contributed by atoms with van der Waals surface area (Å²) in [7, 11) is -4.01. The summed E-state index contributed by atoms with van der Waals surface area (Å²) in [4.78, 5) is 15.1. The number of primary sulfonamides is 1. The average molecular weight is 455 g/mol. The van der Waals surface area contributed by atoms with Gasteiger partial charge in [0, 0.05) is 29.0 Å². The molecule has 0 spiro atoms. The van der Waals surface area contributed by atoms with Crippen LogP contribution in [-0.4, -0.2) is 19.4 Å². The molecule has 1 heterocycles. The predicted molar refractivity (Wildman–Crippen MR) is 126 cm³/mol. The van der Waals surface area contributed by atoms with Crippen molar-refractivity contribution in [2.75, 3.05) is 0 Å². The van der Waals surface area contributed by atoms with Crippen LogP contribution in [-0.2, 0) is 32.6 Å². The topological polar surface area (TPSA) is 102 Å². The van der Waals surface area contributed by atoms with E-state index < -0.39 is 16.0 Å². The van der Waals surface area contributed by atoms with Gasteiger partial charge in [-0.3, -0.25) is 4.79 Å². The Bertz CT molecular complexity index is 1250. The van der Waals surface area contributed by atoms with Crippen LogP contribution in [0.25, 0.3) is 22.2 Å². The van der Waals surface area contributed by atoms with E-state index >= 15 is 0 Å². The predicted octanol–water partition coefficient (Wildman–Crippen LogP) is 5.16. The lowest BCUT2D eigenvalue weighted by Gasteiger charge is -2.27. The lowest BCUT2D eigenvalue weighted by atomic mass is 9.80. The van der Waals surface area contributed by atoms with Crippen molar-refractivity contribution >= 4 is 26.9 Å². The van der Waals surface area contributed by atoms with Crippen LogP contribution in [0.4, 0.5) is 0 Å². The Balaban J connectivity index is 2.01. The molecular weight excluding hydrogens is 424 g/mol. The third-order valence-electron chi connectivity index (χ3n) is 6.47. The van der Waals surface area contributed by atoms with Gasteiger partial charge >= 0.3 is 5.97 Å². The molecule has 6 nitrogen and oxygen atoms in total. The van der Waals surface area contributed by atoms with Crippen LogP contribution in [0.1, 0.15) is 68.6 Å². The molecule has 32 heavy (non-hydrogen) atoms.